The van der Waals surface area contributed by atoms with Crippen LogP contribution in [0.2, 0.25) is 0 Å². The van der Waals surface area contributed by atoms with Gasteiger partial charge in [0.15, 0.2) is 6.29 Å². The summed E-state index contributed by atoms with van der Waals surface area (Å²) >= 11 is 0. The average Bonchev–Trinajstić information content (AvgIpc) is 2.46. The van der Waals surface area contributed by atoms with Gasteiger partial charge in [0.05, 0.1) is 5.56 Å². The van der Waals surface area contributed by atoms with Crippen molar-refractivity contribution in [3.8, 4) is 5.75 Å². The van der Waals surface area contributed by atoms with E-state index in [1.54, 1.807) is 6.07 Å². The summed E-state index contributed by atoms with van der Waals surface area (Å²) in [6, 6.07) is 7.30. The molecule has 0 fully saturated rings. The molecular weight excluding hydrogens is 236 g/mol. The Morgan fingerprint density at radius 2 is 1.84 bits per heavy atom. The van der Waals surface area contributed by atoms with Crippen LogP contribution in [0.25, 0.3) is 0 Å². The first-order valence-corrected chi connectivity index (χ1v) is 7.20. The Labute approximate surface area is 116 Å². The maximum atomic E-state index is 10.8. The number of allylic oxidation sites excluding steroid dienone is 1. The maximum Gasteiger partial charge on any atom is 0.153 e. The fourth-order valence-electron chi connectivity index (χ4n) is 1.90. The van der Waals surface area contributed by atoms with Crippen molar-refractivity contribution in [3.63, 3.8) is 0 Å². The first kappa shape index (κ1) is 15.5. The molecule has 2 heteroatoms. The van der Waals surface area contributed by atoms with E-state index in [4.69, 9.17) is 4.74 Å². The molecule has 0 heterocycles. The molecule has 0 aromatic heterocycles. The van der Waals surface area contributed by atoms with Gasteiger partial charge in [-0.05, 0) is 25.0 Å². The second kappa shape index (κ2) is 10.4. The van der Waals surface area contributed by atoms with E-state index in [0.29, 0.717) is 17.9 Å². The van der Waals surface area contributed by atoms with Crippen molar-refractivity contribution in [1.82, 2.24) is 0 Å². The molecule has 0 aliphatic carbocycles. The highest BCUT2D eigenvalue weighted by atomic mass is 16.5. The summed E-state index contributed by atoms with van der Waals surface area (Å²) in [6.45, 7) is 2.76. The van der Waals surface area contributed by atoms with Gasteiger partial charge in [0.1, 0.15) is 12.4 Å². The molecule has 2 nitrogen and oxygen atoms in total. The number of unbranched alkanes of at least 4 members (excludes halogenated alkanes) is 5. The first-order chi connectivity index (χ1) is 9.38. The molecule has 0 radical (unpaired) electrons. The molecule has 0 atom stereocenters. The third-order valence-corrected chi connectivity index (χ3v) is 3.02. The van der Waals surface area contributed by atoms with Crippen molar-refractivity contribution in [2.24, 2.45) is 0 Å². The Bertz CT molecular complexity index is 383. The average molecular weight is 260 g/mol. The third-order valence-electron chi connectivity index (χ3n) is 3.02. The predicted octanol–water partition coefficient (Wildman–Crippen LogP) is 4.79. The van der Waals surface area contributed by atoms with E-state index < -0.39 is 0 Å². The fourth-order valence-corrected chi connectivity index (χ4v) is 1.90. The van der Waals surface area contributed by atoms with E-state index in [1.165, 1.54) is 32.1 Å². The summed E-state index contributed by atoms with van der Waals surface area (Å²) in [4.78, 5) is 10.8. The van der Waals surface area contributed by atoms with Crippen molar-refractivity contribution in [2.75, 3.05) is 6.61 Å². The van der Waals surface area contributed by atoms with Gasteiger partial charge in [0, 0.05) is 0 Å². The van der Waals surface area contributed by atoms with Crippen molar-refractivity contribution < 1.29 is 9.53 Å². The summed E-state index contributed by atoms with van der Waals surface area (Å²) in [5.41, 5.74) is 0.607. The van der Waals surface area contributed by atoms with Crippen molar-refractivity contribution >= 4 is 6.29 Å². The van der Waals surface area contributed by atoms with E-state index in [0.717, 1.165) is 12.7 Å². The highest BCUT2D eigenvalue weighted by molar-refractivity contribution is 5.79. The molecule has 0 unspecified atom stereocenters. The summed E-state index contributed by atoms with van der Waals surface area (Å²) < 4.78 is 5.56. The molecule has 0 aliphatic rings. The molecule has 1 rings (SSSR count). The summed E-state index contributed by atoms with van der Waals surface area (Å²) in [7, 11) is 0. The number of carbonyl (C=O) groups excluding carboxylic acids is 1. The Hall–Kier alpha value is -1.57. The number of hydrogen-bond acceptors (Lipinski definition) is 2. The third kappa shape index (κ3) is 6.80. The standard InChI is InChI=1S/C17H24O2/c1-2-3-4-5-6-7-8-11-14-19-17-13-10-9-12-16(17)15-18/h8-13,15H,2-7,14H2,1H3. The molecule has 0 N–H and O–H groups in total. The number of carbonyl (C=O) groups is 1. The minimum absolute atomic E-state index is 0.528. The van der Waals surface area contributed by atoms with Crippen LogP contribution in [0.3, 0.4) is 0 Å². The number of para-hydroxylation sites is 1. The molecule has 0 saturated heterocycles. The highest BCUT2D eigenvalue weighted by Gasteiger charge is 1.99. The topological polar surface area (TPSA) is 26.3 Å². The van der Waals surface area contributed by atoms with Gasteiger partial charge in [-0.3, -0.25) is 4.79 Å². The fraction of sp³-hybridized carbons (Fsp3) is 0.471. The van der Waals surface area contributed by atoms with Crippen molar-refractivity contribution in [1.29, 1.82) is 0 Å². The monoisotopic (exact) mass is 260 g/mol. The second-order valence-electron chi connectivity index (χ2n) is 4.64. The van der Waals surface area contributed by atoms with E-state index in [2.05, 4.69) is 13.0 Å². The number of aldehydes is 1. The van der Waals surface area contributed by atoms with Crippen LogP contribution in [0.15, 0.2) is 36.4 Å². The largest absolute Gasteiger partial charge is 0.489 e. The van der Waals surface area contributed by atoms with Gasteiger partial charge in [-0.2, -0.15) is 0 Å². The summed E-state index contributed by atoms with van der Waals surface area (Å²) in [5.74, 6) is 0.657. The van der Waals surface area contributed by atoms with Crippen LogP contribution < -0.4 is 4.74 Å². The Balaban J connectivity index is 2.14. The molecule has 0 bridgehead atoms. The molecule has 1 aromatic rings. The molecule has 1 aromatic carbocycles. The maximum absolute atomic E-state index is 10.8. The zero-order valence-corrected chi connectivity index (χ0v) is 11.8. The van der Waals surface area contributed by atoms with Crippen LogP contribution in [0.5, 0.6) is 5.75 Å². The van der Waals surface area contributed by atoms with Gasteiger partial charge >= 0.3 is 0 Å². The van der Waals surface area contributed by atoms with Crippen LogP contribution >= 0.6 is 0 Å². The van der Waals surface area contributed by atoms with E-state index in [9.17, 15) is 4.79 Å². The molecule has 0 saturated carbocycles. The van der Waals surface area contributed by atoms with Crippen LogP contribution in [-0.4, -0.2) is 12.9 Å². The van der Waals surface area contributed by atoms with Gasteiger partial charge in [-0.1, -0.05) is 56.9 Å². The smallest absolute Gasteiger partial charge is 0.153 e. The quantitative estimate of drug-likeness (QED) is 0.343. The Morgan fingerprint density at radius 1 is 1.05 bits per heavy atom. The summed E-state index contributed by atoms with van der Waals surface area (Å²) in [6.07, 6.45) is 12.7. The molecule has 104 valence electrons. The minimum Gasteiger partial charge on any atom is -0.489 e. The summed E-state index contributed by atoms with van der Waals surface area (Å²) in [5, 5.41) is 0. The zero-order chi connectivity index (χ0) is 13.8. The molecule has 0 spiro atoms. The lowest BCUT2D eigenvalue weighted by molar-refractivity contribution is 0.112. The van der Waals surface area contributed by atoms with E-state index in [-0.39, 0.29) is 0 Å². The molecular formula is C17H24O2. The molecule has 19 heavy (non-hydrogen) atoms. The lowest BCUT2D eigenvalue weighted by Crippen LogP contribution is -1.96. The van der Waals surface area contributed by atoms with Crippen LogP contribution in [0, 0.1) is 0 Å². The molecule has 0 aliphatic heterocycles. The zero-order valence-electron chi connectivity index (χ0n) is 11.8. The normalized spacial score (nSPS) is 10.8. The van der Waals surface area contributed by atoms with E-state index in [1.807, 2.05) is 24.3 Å². The van der Waals surface area contributed by atoms with Gasteiger partial charge < -0.3 is 4.74 Å². The van der Waals surface area contributed by atoms with Crippen molar-refractivity contribution in [2.45, 2.75) is 45.4 Å². The van der Waals surface area contributed by atoms with E-state index >= 15 is 0 Å². The second-order valence-corrected chi connectivity index (χ2v) is 4.64. The lowest BCUT2D eigenvalue weighted by Gasteiger charge is -2.05. The molecule has 0 amide bonds. The van der Waals surface area contributed by atoms with Crippen LogP contribution in [0.1, 0.15) is 55.8 Å². The first-order valence-electron chi connectivity index (χ1n) is 7.20. The Morgan fingerprint density at radius 3 is 2.63 bits per heavy atom. The van der Waals surface area contributed by atoms with Gasteiger partial charge in [0.2, 0.25) is 0 Å². The van der Waals surface area contributed by atoms with Gasteiger partial charge in [0.25, 0.3) is 0 Å². The van der Waals surface area contributed by atoms with Gasteiger partial charge in [-0.15, -0.1) is 0 Å². The number of hydrogen-bond donors (Lipinski definition) is 0. The van der Waals surface area contributed by atoms with Crippen molar-refractivity contribution in [3.05, 3.63) is 42.0 Å². The number of benzene rings is 1. The van der Waals surface area contributed by atoms with Crippen LogP contribution in [-0.2, 0) is 0 Å². The predicted molar refractivity (Wildman–Crippen MR) is 79.8 cm³/mol. The van der Waals surface area contributed by atoms with Gasteiger partial charge in [-0.25, -0.2) is 0 Å². The van der Waals surface area contributed by atoms with Crippen LogP contribution in [0.4, 0.5) is 0 Å². The Kier molecular flexibility index (Phi) is 8.45. The SMILES string of the molecule is CCCCCCCC=CCOc1ccccc1C=O. The number of ether oxygens (including phenoxy) is 1. The highest BCUT2D eigenvalue weighted by Crippen LogP contribution is 2.15. The minimum atomic E-state index is 0.528. The number of rotatable bonds is 10. The lowest BCUT2D eigenvalue weighted by atomic mass is 10.1.